The number of carbonyl (C=O) groups excluding carboxylic acids is 1. The first-order valence-corrected chi connectivity index (χ1v) is 15.9. The Morgan fingerprint density at radius 2 is 1.91 bits per heavy atom. The number of nitrogens with one attached hydrogen (secondary N) is 1. The van der Waals surface area contributed by atoms with Gasteiger partial charge in [-0.25, -0.2) is 14.3 Å². The number of benzene rings is 2. The van der Waals surface area contributed by atoms with E-state index < -0.39 is 50.4 Å². The van der Waals surface area contributed by atoms with Crippen LogP contribution in [0.2, 0.25) is 0 Å². The Labute approximate surface area is 259 Å². The Morgan fingerprint density at radius 1 is 1.22 bits per heavy atom. The minimum atomic E-state index is -4.71. The van der Waals surface area contributed by atoms with Gasteiger partial charge in [0.25, 0.3) is 5.56 Å². The van der Waals surface area contributed by atoms with Crippen molar-refractivity contribution in [3.05, 3.63) is 82.4 Å². The predicted octanol–water partition coefficient (Wildman–Crippen LogP) is 3.40. The monoisotopic (exact) mass is 640 g/mol. The van der Waals surface area contributed by atoms with Crippen molar-refractivity contribution in [1.82, 2.24) is 19.5 Å². The summed E-state index contributed by atoms with van der Waals surface area (Å²) in [6.45, 7) is 7.19. The zero-order valence-electron chi connectivity index (χ0n) is 25.4. The molecule has 5 N–H and O–H groups in total. The Bertz CT molecular complexity index is 1750. The predicted molar refractivity (Wildman–Crippen MR) is 166 cm³/mol. The van der Waals surface area contributed by atoms with E-state index in [1.807, 2.05) is 51.1 Å². The van der Waals surface area contributed by atoms with Crippen LogP contribution in [0, 0.1) is 0 Å². The van der Waals surface area contributed by atoms with E-state index in [0.29, 0.717) is 0 Å². The molecule has 5 rings (SSSR count). The highest BCUT2D eigenvalue weighted by molar-refractivity contribution is 7.54. The Hall–Kier alpha value is -4.07. The molecule has 1 aliphatic heterocycles. The zero-order valence-corrected chi connectivity index (χ0v) is 26.3. The van der Waals surface area contributed by atoms with Gasteiger partial charge in [-0.15, -0.1) is 0 Å². The third-order valence-corrected chi connectivity index (χ3v) is 9.13. The number of esters is 1. The van der Waals surface area contributed by atoms with E-state index in [4.69, 9.17) is 19.7 Å². The Balaban J connectivity index is 1.34. The van der Waals surface area contributed by atoms with Crippen molar-refractivity contribution < 1.29 is 33.4 Å². The second-order valence-corrected chi connectivity index (χ2v) is 13.6. The van der Waals surface area contributed by atoms with Crippen molar-refractivity contribution >= 4 is 36.5 Å². The molecule has 0 spiro atoms. The molecular formula is C30H37N6O8P. The summed E-state index contributed by atoms with van der Waals surface area (Å²) >= 11 is 0. The van der Waals surface area contributed by atoms with Gasteiger partial charge < -0.3 is 25.2 Å². The third-order valence-electron chi connectivity index (χ3n) is 7.52. The van der Waals surface area contributed by atoms with Crippen LogP contribution in [0.5, 0.6) is 0 Å². The molecule has 2 aromatic carbocycles. The Kier molecular flexibility index (Phi) is 9.15. The second kappa shape index (κ2) is 12.7. The van der Waals surface area contributed by atoms with Gasteiger partial charge in [0, 0.05) is 12.1 Å². The van der Waals surface area contributed by atoms with Crippen LogP contribution in [-0.4, -0.2) is 60.3 Å². The number of H-pyrrole nitrogens is 1. The third kappa shape index (κ3) is 7.10. The molecule has 0 bridgehead atoms. The van der Waals surface area contributed by atoms with Crippen LogP contribution < -0.4 is 16.0 Å². The van der Waals surface area contributed by atoms with E-state index in [-0.39, 0.29) is 41.2 Å². The molecule has 4 aromatic rings. The molecule has 1 aliphatic rings. The number of imidazole rings is 1. The van der Waals surface area contributed by atoms with Gasteiger partial charge in [-0.1, -0.05) is 63.2 Å². The smallest absolute Gasteiger partial charge is 0.433 e. The SMILES string of the molecule is C[C@@H](C(=O)OCc1ccccc1)N(c1ccc(C(C)(C)C)cc1)P(=O)(O)OC[C@@H]1C[C@@H](O)[C@H](n2cnc3c(=O)[nH]c(N)nc32)O1. The number of nitrogen functional groups attached to an aromatic ring is 1. The highest BCUT2D eigenvalue weighted by Crippen LogP contribution is 2.51. The highest BCUT2D eigenvalue weighted by Gasteiger charge is 2.42. The maximum absolute atomic E-state index is 13.9. The van der Waals surface area contributed by atoms with E-state index in [1.54, 1.807) is 24.3 Å². The lowest BCUT2D eigenvalue weighted by molar-refractivity contribution is -0.146. The first-order chi connectivity index (χ1) is 21.2. The summed E-state index contributed by atoms with van der Waals surface area (Å²) in [5, 5.41) is 10.8. The maximum Gasteiger partial charge on any atom is 0.433 e. The molecule has 14 nitrogen and oxygen atoms in total. The summed E-state index contributed by atoms with van der Waals surface area (Å²) < 4.78 is 33.3. The van der Waals surface area contributed by atoms with Crippen molar-refractivity contribution in [3.63, 3.8) is 0 Å². The van der Waals surface area contributed by atoms with E-state index >= 15 is 0 Å². The van der Waals surface area contributed by atoms with Gasteiger partial charge in [-0.2, -0.15) is 4.98 Å². The molecule has 1 fully saturated rings. The van der Waals surface area contributed by atoms with E-state index in [2.05, 4.69) is 15.0 Å². The number of nitrogens with zero attached hydrogens (tertiary/aromatic N) is 4. The molecule has 0 saturated carbocycles. The number of aliphatic hydroxyl groups is 1. The number of nitrogens with two attached hydrogens (primary N) is 1. The molecular weight excluding hydrogens is 603 g/mol. The van der Waals surface area contributed by atoms with Crippen LogP contribution in [0.3, 0.4) is 0 Å². The van der Waals surface area contributed by atoms with Crippen LogP contribution >= 0.6 is 7.75 Å². The highest BCUT2D eigenvalue weighted by atomic mass is 31.2. The number of fused-ring (bicyclic) bond motifs is 1. The number of aromatic nitrogens is 4. The quantitative estimate of drug-likeness (QED) is 0.146. The molecule has 0 aliphatic carbocycles. The molecule has 15 heteroatoms. The summed E-state index contributed by atoms with van der Waals surface area (Å²) in [7, 11) is -4.71. The number of anilines is 2. The Morgan fingerprint density at radius 3 is 2.58 bits per heavy atom. The summed E-state index contributed by atoms with van der Waals surface area (Å²) in [5.74, 6) is -0.854. The second-order valence-electron chi connectivity index (χ2n) is 11.9. The number of hydrogen-bond acceptors (Lipinski definition) is 10. The normalized spacial score (nSPS) is 20.5. The zero-order chi connectivity index (χ0) is 32.5. The minimum Gasteiger partial charge on any atom is -0.459 e. The van der Waals surface area contributed by atoms with Crippen LogP contribution in [0.1, 0.15) is 51.5 Å². The molecule has 1 saturated heterocycles. The largest absolute Gasteiger partial charge is 0.459 e. The van der Waals surface area contributed by atoms with Crippen LogP contribution in [0.15, 0.2) is 65.7 Å². The maximum atomic E-state index is 13.9. The fraction of sp³-hybridized carbons (Fsp3) is 0.400. The average molecular weight is 641 g/mol. The van der Waals surface area contributed by atoms with Crippen molar-refractivity contribution in [2.24, 2.45) is 0 Å². The fourth-order valence-corrected chi connectivity index (χ4v) is 6.55. The van der Waals surface area contributed by atoms with Crippen LogP contribution in [-0.2, 0) is 35.4 Å². The summed E-state index contributed by atoms with van der Waals surface area (Å²) in [4.78, 5) is 47.2. The van der Waals surface area contributed by atoms with Gasteiger partial charge in [0.2, 0.25) is 5.95 Å². The molecule has 0 radical (unpaired) electrons. The van der Waals surface area contributed by atoms with Crippen molar-refractivity contribution in [3.8, 4) is 0 Å². The van der Waals surface area contributed by atoms with E-state index in [9.17, 15) is 24.2 Å². The number of hydrogen-bond donors (Lipinski definition) is 4. The van der Waals surface area contributed by atoms with Gasteiger partial charge in [-0.3, -0.25) is 23.5 Å². The lowest BCUT2D eigenvalue weighted by Crippen LogP contribution is -2.39. The number of ether oxygens (including phenoxy) is 2. The summed E-state index contributed by atoms with van der Waals surface area (Å²) in [6.07, 6.45) is -1.58. The van der Waals surface area contributed by atoms with Gasteiger partial charge in [0.05, 0.1) is 19.0 Å². The first-order valence-electron chi connectivity index (χ1n) is 14.4. The number of aliphatic hydroxyl groups excluding tert-OH is 1. The lowest BCUT2D eigenvalue weighted by Gasteiger charge is -2.33. The van der Waals surface area contributed by atoms with Gasteiger partial charge >= 0.3 is 13.7 Å². The van der Waals surface area contributed by atoms with Crippen LogP contribution in [0.25, 0.3) is 11.2 Å². The van der Waals surface area contributed by atoms with E-state index in [0.717, 1.165) is 15.8 Å². The molecule has 1 unspecified atom stereocenters. The molecule has 2 aromatic heterocycles. The minimum absolute atomic E-state index is 0.0120. The van der Waals surface area contributed by atoms with Crippen LogP contribution in [0.4, 0.5) is 11.6 Å². The summed E-state index contributed by atoms with van der Waals surface area (Å²) in [5.41, 5.74) is 7.13. The van der Waals surface area contributed by atoms with Gasteiger partial charge in [0.15, 0.2) is 17.4 Å². The first kappa shape index (κ1) is 32.3. The molecule has 45 heavy (non-hydrogen) atoms. The number of carbonyl (C=O) groups is 1. The van der Waals surface area contributed by atoms with E-state index in [1.165, 1.54) is 17.8 Å². The topological polar surface area (TPSA) is 195 Å². The number of aromatic amines is 1. The molecule has 3 heterocycles. The van der Waals surface area contributed by atoms with Gasteiger partial charge in [0.1, 0.15) is 18.8 Å². The lowest BCUT2D eigenvalue weighted by atomic mass is 9.87. The van der Waals surface area contributed by atoms with Crippen molar-refractivity contribution in [2.45, 2.75) is 70.6 Å². The fourth-order valence-electron chi connectivity index (χ4n) is 5.11. The van der Waals surface area contributed by atoms with Crippen molar-refractivity contribution in [2.75, 3.05) is 17.0 Å². The standard InChI is InChI=1S/C30H37N6O8P/c1-18(28(39)42-15-19-8-6-5-7-9-19)36(21-12-10-20(11-13-21)30(2,3)4)45(40,41)43-16-22-14-23(37)27(44-22)35-17-32-24-25(35)33-29(31)34-26(24)38/h5-13,17-18,22-23,27,37H,14-16H2,1-4H3,(H,40,41)(H3,31,33,34,38)/t18-,22-,23+,27+/m0/s1. The van der Waals surface area contributed by atoms with Gasteiger partial charge in [-0.05, 0) is 35.6 Å². The summed E-state index contributed by atoms with van der Waals surface area (Å²) in [6, 6.07) is 14.8. The molecule has 5 atom stereocenters. The van der Waals surface area contributed by atoms with Crippen molar-refractivity contribution in [1.29, 1.82) is 0 Å². The molecule has 0 amide bonds. The molecule has 240 valence electrons. The average Bonchev–Trinajstić information content (AvgIpc) is 3.58. The number of rotatable bonds is 10.